The van der Waals surface area contributed by atoms with Crippen LogP contribution in [0.5, 0.6) is 5.75 Å². The molecule has 41 heavy (non-hydrogen) atoms. The van der Waals surface area contributed by atoms with Gasteiger partial charge in [0.05, 0.1) is 15.5 Å². The van der Waals surface area contributed by atoms with E-state index >= 15 is 0 Å². The number of alkyl halides is 3. The molecule has 0 aliphatic carbocycles. The molecule has 224 valence electrons. The first-order valence-corrected chi connectivity index (χ1v) is 12.9. The second-order valence-electron chi connectivity index (χ2n) is 9.27. The van der Waals surface area contributed by atoms with Crippen molar-refractivity contribution in [3.63, 3.8) is 0 Å². The van der Waals surface area contributed by atoms with Crippen LogP contribution in [0.25, 0.3) is 0 Å². The van der Waals surface area contributed by atoms with E-state index in [1.54, 1.807) is 12.1 Å². The van der Waals surface area contributed by atoms with Crippen molar-refractivity contribution in [1.29, 1.82) is 0 Å². The minimum absolute atomic E-state index is 0. The molecule has 2 aromatic carbocycles. The molecule has 0 amide bonds. The molecular formula is C26H29Cl2F3N4O5S. The van der Waals surface area contributed by atoms with Gasteiger partial charge in [0, 0.05) is 50.4 Å². The van der Waals surface area contributed by atoms with Gasteiger partial charge in [0.2, 0.25) is 0 Å². The zero-order valence-corrected chi connectivity index (χ0v) is 24.5. The molecular weight excluding hydrogens is 608 g/mol. The summed E-state index contributed by atoms with van der Waals surface area (Å²) in [5.74, 6) is -1.48. The number of piperazine rings is 1. The van der Waals surface area contributed by atoms with Crippen LogP contribution >= 0.6 is 36.2 Å². The molecule has 1 fully saturated rings. The summed E-state index contributed by atoms with van der Waals surface area (Å²) >= 11 is 0.775. The summed E-state index contributed by atoms with van der Waals surface area (Å²) in [5.41, 5.74) is -0.203. The molecule has 0 unspecified atom stereocenters. The standard InChI is InChI=1S/C26H27F3N4O5S.2ClH/c1-16(18-5-3-4-6-19(18)26(27,28)29)38-22-14-23(39-24(22)25(34)35)30-20-13-17(7-8-21(20)33(36)37)15-32-11-9-31(2)10-12-32;;/h3-8,13-14,16,30H,9-12,15H2,1-2H3,(H,34,35);2*1H/t16-;;/m1../s1. The lowest BCUT2D eigenvalue weighted by atomic mass is 10.0. The number of likely N-dealkylation sites (N-methyl/N-ethyl adjacent to an activating group) is 1. The van der Waals surface area contributed by atoms with E-state index in [9.17, 15) is 33.2 Å². The average molecular weight is 638 g/mol. The summed E-state index contributed by atoms with van der Waals surface area (Å²) in [5, 5.41) is 24.6. The number of nitrogens with one attached hydrogen (secondary N) is 1. The van der Waals surface area contributed by atoms with Crippen LogP contribution < -0.4 is 10.1 Å². The van der Waals surface area contributed by atoms with E-state index in [1.807, 2.05) is 7.05 Å². The van der Waals surface area contributed by atoms with Gasteiger partial charge >= 0.3 is 12.1 Å². The Morgan fingerprint density at radius 3 is 2.41 bits per heavy atom. The number of carboxylic acid groups (broad SMARTS) is 1. The number of hydrogen-bond acceptors (Lipinski definition) is 8. The molecule has 1 aliphatic heterocycles. The monoisotopic (exact) mass is 636 g/mol. The summed E-state index contributed by atoms with van der Waals surface area (Å²) in [6, 6.07) is 11.0. The number of carboxylic acids is 1. The highest BCUT2D eigenvalue weighted by atomic mass is 35.5. The van der Waals surface area contributed by atoms with Gasteiger partial charge in [-0.1, -0.05) is 24.3 Å². The fraction of sp³-hybridized carbons (Fsp3) is 0.346. The van der Waals surface area contributed by atoms with Crippen molar-refractivity contribution in [1.82, 2.24) is 9.80 Å². The molecule has 0 spiro atoms. The topological polar surface area (TPSA) is 108 Å². The number of anilines is 2. The van der Waals surface area contributed by atoms with Gasteiger partial charge in [-0.25, -0.2) is 4.79 Å². The number of rotatable bonds is 9. The first-order valence-electron chi connectivity index (χ1n) is 12.1. The largest absolute Gasteiger partial charge is 0.484 e. The quantitative estimate of drug-likeness (QED) is 0.194. The lowest BCUT2D eigenvalue weighted by Gasteiger charge is -2.32. The van der Waals surface area contributed by atoms with Crippen LogP contribution in [-0.2, 0) is 12.7 Å². The van der Waals surface area contributed by atoms with E-state index in [0.29, 0.717) is 6.54 Å². The molecule has 1 aromatic heterocycles. The van der Waals surface area contributed by atoms with E-state index in [2.05, 4.69) is 15.1 Å². The molecule has 1 aliphatic rings. The van der Waals surface area contributed by atoms with Crippen LogP contribution in [0.3, 0.4) is 0 Å². The van der Waals surface area contributed by atoms with Crippen LogP contribution in [0.2, 0.25) is 0 Å². The Balaban J connectivity index is 0.00000294. The number of carbonyl (C=O) groups is 1. The summed E-state index contributed by atoms with van der Waals surface area (Å²) in [4.78, 5) is 27.3. The zero-order chi connectivity index (χ0) is 28.3. The predicted molar refractivity (Wildman–Crippen MR) is 155 cm³/mol. The fourth-order valence-electron chi connectivity index (χ4n) is 4.37. The maximum Gasteiger partial charge on any atom is 0.416 e. The number of thiophene rings is 1. The molecule has 2 N–H and O–H groups in total. The van der Waals surface area contributed by atoms with Crippen molar-refractivity contribution in [2.75, 3.05) is 38.5 Å². The molecule has 4 rings (SSSR count). The van der Waals surface area contributed by atoms with E-state index in [1.165, 1.54) is 37.3 Å². The number of benzene rings is 2. The number of nitro benzene ring substituents is 1. The molecule has 1 atom stereocenters. The van der Waals surface area contributed by atoms with Crippen LogP contribution in [-0.4, -0.2) is 59.0 Å². The van der Waals surface area contributed by atoms with E-state index in [-0.39, 0.29) is 57.4 Å². The maximum absolute atomic E-state index is 13.5. The molecule has 2 heterocycles. The minimum Gasteiger partial charge on any atom is -0.484 e. The third kappa shape index (κ3) is 8.46. The number of halogens is 5. The molecule has 0 saturated carbocycles. The number of nitro groups is 1. The van der Waals surface area contributed by atoms with Crippen LogP contribution in [0.15, 0.2) is 48.5 Å². The van der Waals surface area contributed by atoms with Gasteiger partial charge in [0.25, 0.3) is 5.69 Å². The Bertz CT molecular complexity index is 1370. The molecule has 9 nitrogen and oxygen atoms in total. The number of hydrogen-bond donors (Lipinski definition) is 2. The summed E-state index contributed by atoms with van der Waals surface area (Å²) in [7, 11) is 2.05. The van der Waals surface area contributed by atoms with Crippen molar-refractivity contribution >= 4 is 58.5 Å². The first kappa shape index (κ1) is 34.1. The zero-order valence-electron chi connectivity index (χ0n) is 22.0. The van der Waals surface area contributed by atoms with Crippen LogP contribution in [0.4, 0.5) is 29.5 Å². The lowest BCUT2D eigenvalue weighted by molar-refractivity contribution is -0.383. The number of nitrogens with zero attached hydrogens (tertiary/aromatic N) is 3. The summed E-state index contributed by atoms with van der Waals surface area (Å²) in [6.45, 7) is 5.54. The van der Waals surface area contributed by atoms with Gasteiger partial charge in [-0.15, -0.1) is 36.2 Å². The lowest BCUT2D eigenvalue weighted by Crippen LogP contribution is -2.43. The molecule has 0 bridgehead atoms. The fourth-order valence-corrected chi connectivity index (χ4v) is 5.22. The Morgan fingerprint density at radius 1 is 1.15 bits per heavy atom. The Kier molecular flexibility index (Phi) is 11.8. The van der Waals surface area contributed by atoms with E-state index < -0.39 is 28.7 Å². The number of aromatic carboxylic acids is 1. The van der Waals surface area contributed by atoms with Crippen LogP contribution in [0, 0.1) is 10.1 Å². The summed E-state index contributed by atoms with van der Waals surface area (Å²) in [6.07, 6.45) is -5.73. The van der Waals surface area contributed by atoms with Gasteiger partial charge in [-0.05, 0) is 31.7 Å². The number of ether oxygens (including phenoxy) is 1. The van der Waals surface area contributed by atoms with Gasteiger partial charge in [-0.2, -0.15) is 13.2 Å². The van der Waals surface area contributed by atoms with Gasteiger partial charge in [0.1, 0.15) is 17.5 Å². The second kappa shape index (κ2) is 14.2. The third-order valence-corrected chi connectivity index (χ3v) is 7.44. The highest BCUT2D eigenvalue weighted by molar-refractivity contribution is 7.18. The second-order valence-corrected chi connectivity index (χ2v) is 10.3. The van der Waals surface area contributed by atoms with Crippen LogP contribution in [0.1, 0.15) is 39.4 Å². The van der Waals surface area contributed by atoms with Gasteiger partial charge in [0.15, 0.2) is 4.88 Å². The highest BCUT2D eigenvalue weighted by Crippen LogP contribution is 2.41. The molecule has 3 aromatic rings. The first-order chi connectivity index (χ1) is 18.4. The Hall–Kier alpha value is -3.10. The van der Waals surface area contributed by atoms with Crippen molar-refractivity contribution in [2.24, 2.45) is 0 Å². The van der Waals surface area contributed by atoms with Crippen molar-refractivity contribution in [3.8, 4) is 5.75 Å². The predicted octanol–water partition coefficient (Wildman–Crippen LogP) is 6.85. The van der Waals surface area contributed by atoms with E-state index in [4.69, 9.17) is 4.74 Å². The minimum atomic E-state index is -4.61. The molecule has 15 heteroatoms. The summed E-state index contributed by atoms with van der Waals surface area (Å²) < 4.78 is 46.2. The third-order valence-electron chi connectivity index (χ3n) is 6.42. The van der Waals surface area contributed by atoms with Crippen molar-refractivity contribution < 1.29 is 32.7 Å². The Labute approximate surface area is 250 Å². The highest BCUT2D eigenvalue weighted by Gasteiger charge is 2.35. The maximum atomic E-state index is 13.5. The van der Waals surface area contributed by atoms with Crippen molar-refractivity contribution in [2.45, 2.75) is 25.7 Å². The van der Waals surface area contributed by atoms with Gasteiger partial charge in [-0.3, -0.25) is 15.0 Å². The van der Waals surface area contributed by atoms with Crippen molar-refractivity contribution in [3.05, 3.63) is 80.2 Å². The van der Waals surface area contributed by atoms with E-state index in [0.717, 1.165) is 49.1 Å². The molecule has 1 saturated heterocycles. The SMILES string of the molecule is C[C@@H](Oc1cc(Nc2cc(CN3CCN(C)CC3)ccc2[N+](=O)[O-])sc1C(=O)O)c1ccccc1C(F)(F)F.Cl.Cl. The average Bonchev–Trinajstić information content (AvgIpc) is 3.27. The Morgan fingerprint density at radius 2 is 1.80 bits per heavy atom. The smallest absolute Gasteiger partial charge is 0.416 e. The normalized spacial score (nSPS) is 14.9. The molecule has 0 radical (unpaired) electrons. The van der Waals surface area contributed by atoms with Gasteiger partial charge < -0.3 is 20.1 Å².